The van der Waals surface area contributed by atoms with Crippen LogP contribution in [-0.2, 0) is 18.3 Å². The molecule has 106 valence electrons. The second kappa shape index (κ2) is 6.74. The highest BCUT2D eigenvalue weighted by Crippen LogP contribution is 1.95. The summed E-state index contributed by atoms with van der Waals surface area (Å²) in [7, 11) is 1.84. The first-order chi connectivity index (χ1) is 8.91. The zero-order valence-corrected chi connectivity index (χ0v) is 10.8. The maximum Gasteiger partial charge on any atom is 0.328 e. The maximum atomic E-state index is 11.5. The Morgan fingerprint density at radius 1 is 1.53 bits per heavy atom. The number of rotatable bonds is 6. The number of aliphatic hydroxyl groups excluding tert-OH is 1. The number of aliphatic hydroxyl groups is 1. The van der Waals surface area contributed by atoms with Gasteiger partial charge in [-0.3, -0.25) is 0 Å². The number of nitrogens with zero attached hydrogens (tertiary/aromatic N) is 2. The molecule has 0 aliphatic carbocycles. The molecule has 8 heteroatoms. The van der Waals surface area contributed by atoms with Gasteiger partial charge in [-0.2, -0.15) is 0 Å². The fourth-order valence-corrected chi connectivity index (χ4v) is 1.51. The molecule has 8 nitrogen and oxygen atoms in total. The Balaban J connectivity index is 2.35. The summed E-state index contributed by atoms with van der Waals surface area (Å²) in [6, 6.07) is -1.96. The number of carbonyl (C=O) groups is 2. The second-order valence-corrected chi connectivity index (χ2v) is 4.16. The zero-order valence-electron chi connectivity index (χ0n) is 10.8. The van der Waals surface area contributed by atoms with Crippen molar-refractivity contribution in [1.82, 2.24) is 20.2 Å². The second-order valence-electron chi connectivity index (χ2n) is 4.16. The van der Waals surface area contributed by atoms with Gasteiger partial charge in [0.15, 0.2) is 6.04 Å². The predicted molar refractivity (Wildman–Crippen MR) is 66.6 cm³/mol. The normalized spacial score (nSPS) is 13.6. The van der Waals surface area contributed by atoms with Crippen LogP contribution < -0.4 is 10.6 Å². The van der Waals surface area contributed by atoms with Crippen molar-refractivity contribution in [2.45, 2.75) is 25.5 Å². The van der Waals surface area contributed by atoms with Crippen LogP contribution in [0.5, 0.6) is 0 Å². The quantitative estimate of drug-likeness (QED) is 0.534. The molecule has 1 aromatic heterocycles. The Bertz CT molecular complexity index is 444. The van der Waals surface area contributed by atoms with Crippen molar-refractivity contribution in [2.75, 3.05) is 6.54 Å². The minimum Gasteiger partial charge on any atom is -0.480 e. The van der Waals surface area contributed by atoms with Crippen LogP contribution in [-0.4, -0.2) is 50.5 Å². The molecular weight excluding hydrogens is 252 g/mol. The molecule has 1 aromatic rings. The molecule has 0 aliphatic rings. The summed E-state index contributed by atoms with van der Waals surface area (Å²) in [5.74, 6) is -0.472. The molecular formula is C11H18N4O4. The van der Waals surface area contributed by atoms with Crippen molar-refractivity contribution in [1.29, 1.82) is 0 Å². The Kier molecular flexibility index (Phi) is 5.31. The van der Waals surface area contributed by atoms with Gasteiger partial charge in [-0.25, -0.2) is 14.6 Å². The zero-order chi connectivity index (χ0) is 14.4. The van der Waals surface area contributed by atoms with E-state index in [1.54, 1.807) is 12.4 Å². The number of aryl methyl sites for hydroxylation is 1. The smallest absolute Gasteiger partial charge is 0.328 e. The van der Waals surface area contributed by atoms with E-state index in [9.17, 15) is 14.7 Å². The Morgan fingerprint density at radius 2 is 2.21 bits per heavy atom. The van der Waals surface area contributed by atoms with Crippen LogP contribution >= 0.6 is 0 Å². The van der Waals surface area contributed by atoms with Gasteiger partial charge in [-0.15, -0.1) is 0 Å². The van der Waals surface area contributed by atoms with Crippen molar-refractivity contribution >= 4 is 12.0 Å². The van der Waals surface area contributed by atoms with E-state index in [0.29, 0.717) is 13.0 Å². The standard InChI is InChI=1S/C11H18N4O4/c1-7(16)9(10(17)18)14-11(19)13-4-3-8-12-5-6-15(8)2/h5-7,9,16H,3-4H2,1-2H3,(H,17,18)(H2,13,14,19). The van der Waals surface area contributed by atoms with Gasteiger partial charge < -0.3 is 25.4 Å². The first kappa shape index (κ1) is 15.0. The van der Waals surface area contributed by atoms with E-state index in [4.69, 9.17) is 5.11 Å². The summed E-state index contributed by atoms with van der Waals surface area (Å²) in [6.45, 7) is 1.62. The summed E-state index contributed by atoms with van der Waals surface area (Å²) >= 11 is 0. The summed E-state index contributed by atoms with van der Waals surface area (Å²) in [4.78, 5) is 26.3. The number of hydrogen-bond donors (Lipinski definition) is 4. The number of nitrogens with one attached hydrogen (secondary N) is 2. The van der Waals surface area contributed by atoms with Gasteiger partial charge in [0.2, 0.25) is 0 Å². The summed E-state index contributed by atoms with van der Waals surface area (Å²) in [5.41, 5.74) is 0. The molecule has 0 bridgehead atoms. The first-order valence-corrected chi connectivity index (χ1v) is 5.83. The highest BCUT2D eigenvalue weighted by Gasteiger charge is 2.24. The van der Waals surface area contributed by atoms with Crippen molar-refractivity contribution in [2.24, 2.45) is 7.05 Å². The number of hydrogen-bond acceptors (Lipinski definition) is 4. The Morgan fingerprint density at radius 3 is 2.68 bits per heavy atom. The van der Waals surface area contributed by atoms with Gasteiger partial charge in [-0.1, -0.05) is 0 Å². The van der Waals surface area contributed by atoms with Crippen LogP contribution in [0.25, 0.3) is 0 Å². The van der Waals surface area contributed by atoms with Crippen LogP contribution in [0.3, 0.4) is 0 Å². The first-order valence-electron chi connectivity index (χ1n) is 5.83. The number of imidazole rings is 1. The number of aliphatic carboxylic acids is 1. The third-order valence-electron chi connectivity index (χ3n) is 2.59. The van der Waals surface area contributed by atoms with E-state index in [1.165, 1.54) is 6.92 Å². The maximum absolute atomic E-state index is 11.5. The van der Waals surface area contributed by atoms with Gasteiger partial charge in [0.25, 0.3) is 0 Å². The lowest BCUT2D eigenvalue weighted by molar-refractivity contribution is -0.141. The molecule has 4 N–H and O–H groups in total. The summed E-state index contributed by atoms with van der Waals surface area (Å²) < 4.78 is 1.83. The van der Waals surface area contributed by atoms with Crippen LogP contribution in [0.15, 0.2) is 12.4 Å². The third kappa shape index (κ3) is 4.59. The molecule has 0 radical (unpaired) electrons. The van der Waals surface area contributed by atoms with E-state index in [2.05, 4.69) is 15.6 Å². The van der Waals surface area contributed by atoms with Crippen LogP contribution in [0.2, 0.25) is 0 Å². The number of aromatic nitrogens is 2. The van der Waals surface area contributed by atoms with E-state index >= 15 is 0 Å². The molecule has 1 rings (SSSR count). The van der Waals surface area contributed by atoms with Crippen molar-refractivity contribution in [3.63, 3.8) is 0 Å². The monoisotopic (exact) mass is 270 g/mol. The number of carboxylic acid groups (broad SMARTS) is 1. The SMILES string of the molecule is CC(O)C(NC(=O)NCCc1nccn1C)C(=O)O. The largest absolute Gasteiger partial charge is 0.480 e. The van der Waals surface area contributed by atoms with Gasteiger partial charge in [-0.05, 0) is 6.92 Å². The fourth-order valence-electron chi connectivity index (χ4n) is 1.51. The topological polar surface area (TPSA) is 116 Å². The molecule has 0 spiro atoms. The molecule has 2 atom stereocenters. The molecule has 1 heterocycles. The fraction of sp³-hybridized carbons (Fsp3) is 0.545. The summed E-state index contributed by atoms with van der Waals surface area (Å²) in [6.07, 6.45) is 2.81. The van der Waals surface area contributed by atoms with Crippen molar-refractivity contribution < 1.29 is 19.8 Å². The van der Waals surface area contributed by atoms with E-state index in [-0.39, 0.29) is 0 Å². The van der Waals surface area contributed by atoms with Gasteiger partial charge in [0.1, 0.15) is 5.82 Å². The predicted octanol–water partition coefficient (Wildman–Crippen LogP) is -0.904. The highest BCUT2D eigenvalue weighted by molar-refractivity contribution is 5.82. The van der Waals surface area contributed by atoms with Crippen molar-refractivity contribution in [3.05, 3.63) is 18.2 Å². The lowest BCUT2D eigenvalue weighted by atomic mass is 10.2. The van der Waals surface area contributed by atoms with E-state index < -0.39 is 24.1 Å². The number of amides is 2. The Labute approximate surface area is 110 Å². The third-order valence-corrected chi connectivity index (χ3v) is 2.59. The average molecular weight is 270 g/mol. The molecule has 0 fully saturated rings. The van der Waals surface area contributed by atoms with Crippen molar-refractivity contribution in [3.8, 4) is 0 Å². The van der Waals surface area contributed by atoms with E-state index in [0.717, 1.165) is 5.82 Å². The van der Waals surface area contributed by atoms with Gasteiger partial charge in [0, 0.05) is 32.4 Å². The molecule has 19 heavy (non-hydrogen) atoms. The van der Waals surface area contributed by atoms with Gasteiger partial charge >= 0.3 is 12.0 Å². The number of carboxylic acids is 1. The lowest BCUT2D eigenvalue weighted by Crippen LogP contribution is -2.51. The minimum absolute atomic E-state index is 0.322. The average Bonchev–Trinajstić information content (AvgIpc) is 2.71. The highest BCUT2D eigenvalue weighted by atomic mass is 16.4. The molecule has 0 saturated heterocycles. The number of carbonyl (C=O) groups excluding carboxylic acids is 1. The minimum atomic E-state index is -1.33. The lowest BCUT2D eigenvalue weighted by Gasteiger charge is -2.17. The number of urea groups is 1. The van der Waals surface area contributed by atoms with Crippen LogP contribution in [0.4, 0.5) is 4.79 Å². The Hall–Kier alpha value is -2.09. The molecule has 2 amide bonds. The molecule has 0 aromatic carbocycles. The summed E-state index contributed by atoms with van der Waals surface area (Å²) in [5, 5.41) is 22.7. The molecule has 0 aliphatic heterocycles. The molecule has 0 saturated carbocycles. The van der Waals surface area contributed by atoms with Crippen LogP contribution in [0, 0.1) is 0 Å². The molecule has 2 unspecified atom stereocenters. The van der Waals surface area contributed by atoms with Crippen LogP contribution in [0.1, 0.15) is 12.7 Å². The van der Waals surface area contributed by atoms with E-state index in [1.807, 2.05) is 11.6 Å². The van der Waals surface area contributed by atoms with Gasteiger partial charge in [0.05, 0.1) is 6.10 Å².